The number of nitrogens with zero attached hydrogens (tertiary/aromatic N) is 2. The molecule has 1 heterocycles. The van der Waals surface area contributed by atoms with E-state index in [1.165, 1.54) is 18.2 Å². The lowest BCUT2D eigenvalue weighted by molar-refractivity contribution is -0.0495. The first-order chi connectivity index (χ1) is 14.0. The second kappa shape index (κ2) is 9.40. The summed E-state index contributed by atoms with van der Waals surface area (Å²) in [6, 6.07) is 11.0. The molecule has 0 saturated carbocycles. The molecule has 3 N–H and O–H groups in total. The molecule has 0 aliphatic carbocycles. The van der Waals surface area contributed by atoms with Gasteiger partial charge in [0.15, 0.2) is 17.5 Å². The number of nitrogens with one attached hydrogen (secondary N) is 2. The number of phenols is 1. The summed E-state index contributed by atoms with van der Waals surface area (Å²) in [5, 5.41) is 15.6. The number of alkyl halides is 2. The van der Waals surface area contributed by atoms with Crippen molar-refractivity contribution in [2.24, 2.45) is 4.99 Å². The van der Waals surface area contributed by atoms with Gasteiger partial charge in [0.1, 0.15) is 5.75 Å². The topological polar surface area (TPSA) is 69.1 Å². The summed E-state index contributed by atoms with van der Waals surface area (Å²) >= 11 is 0. The molecule has 0 bridgehead atoms. The average molecular weight is 408 g/mol. The monoisotopic (exact) mass is 408 g/mol. The Morgan fingerprint density at radius 1 is 1.31 bits per heavy atom. The Hall–Kier alpha value is -3.10. The van der Waals surface area contributed by atoms with Gasteiger partial charge in [0.2, 0.25) is 0 Å². The fourth-order valence-electron chi connectivity index (χ4n) is 3.25. The number of hydrogen-bond acceptors (Lipinski definition) is 4. The van der Waals surface area contributed by atoms with Gasteiger partial charge in [0.25, 0.3) is 0 Å². The Morgan fingerprint density at radius 2 is 2.10 bits per heavy atom. The molecule has 29 heavy (non-hydrogen) atoms. The molecule has 1 aliphatic rings. The Morgan fingerprint density at radius 3 is 2.83 bits per heavy atom. The highest BCUT2D eigenvalue weighted by molar-refractivity contribution is 5.80. The molecule has 2 aromatic rings. The molecule has 0 aromatic heterocycles. The second-order valence-corrected chi connectivity index (χ2v) is 6.63. The van der Waals surface area contributed by atoms with Gasteiger partial charge < -0.3 is 25.4 Å². The number of phenolic OH excluding ortho intramolecular Hbond substituents is 1. The molecule has 1 atom stereocenters. The van der Waals surface area contributed by atoms with E-state index < -0.39 is 18.2 Å². The number of para-hydroxylation sites is 2. The van der Waals surface area contributed by atoms with E-state index in [1.807, 2.05) is 4.90 Å². The zero-order chi connectivity index (χ0) is 20.8. The molecule has 1 saturated heterocycles. The number of aliphatic imine (C=N–C) groups is 1. The molecular weight excluding hydrogens is 385 g/mol. The third-order valence-electron chi connectivity index (χ3n) is 4.65. The van der Waals surface area contributed by atoms with E-state index in [9.17, 15) is 18.3 Å². The number of benzene rings is 2. The number of aromatic hydroxyl groups is 1. The number of anilines is 1. The molecule has 2 aromatic carbocycles. The van der Waals surface area contributed by atoms with E-state index in [-0.39, 0.29) is 11.8 Å². The van der Waals surface area contributed by atoms with Gasteiger partial charge >= 0.3 is 6.61 Å². The molecule has 6 nitrogen and oxygen atoms in total. The minimum Gasteiger partial charge on any atom is -0.505 e. The van der Waals surface area contributed by atoms with Gasteiger partial charge in [-0.15, -0.1) is 0 Å². The summed E-state index contributed by atoms with van der Waals surface area (Å²) in [6.45, 7) is -1.27. The van der Waals surface area contributed by atoms with Crippen molar-refractivity contribution in [3.63, 3.8) is 0 Å². The molecule has 9 heteroatoms. The fourth-order valence-corrected chi connectivity index (χ4v) is 3.25. The van der Waals surface area contributed by atoms with Gasteiger partial charge in [-0.05, 0) is 36.2 Å². The van der Waals surface area contributed by atoms with Crippen molar-refractivity contribution in [2.45, 2.75) is 25.6 Å². The van der Waals surface area contributed by atoms with Crippen LogP contribution in [-0.2, 0) is 6.54 Å². The summed E-state index contributed by atoms with van der Waals surface area (Å²) in [5.74, 6) is -0.371. The number of hydrogen-bond donors (Lipinski definition) is 3. The van der Waals surface area contributed by atoms with Crippen LogP contribution in [0.5, 0.6) is 11.5 Å². The first-order valence-electron chi connectivity index (χ1n) is 9.19. The van der Waals surface area contributed by atoms with Crippen LogP contribution in [0, 0.1) is 5.82 Å². The highest BCUT2D eigenvalue weighted by Gasteiger charge is 2.26. The summed E-state index contributed by atoms with van der Waals surface area (Å²) < 4.78 is 43.3. The molecule has 1 fully saturated rings. The van der Waals surface area contributed by atoms with E-state index in [0.717, 1.165) is 6.42 Å². The van der Waals surface area contributed by atoms with Crippen molar-refractivity contribution in [1.82, 2.24) is 10.6 Å². The van der Waals surface area contributed by atoms with E-state index in [0.29, 0.717) is 36.8 Å². The number of guanidine groups is 1. The van der Waals surface area contributed by atoms with Gasteiger partial charge in [-0.3, -0.25) is 4.99 Å². The molecule has 0 amide bonds. The van der Waals surface area contributed by atoms with Crippen LogP contribution < -0.4 is 20.3 Å². The molecule has 1 aliphatic heterocycles. The first kappa shape index (κ1) is 20.6. The maximum Gasteiger partial charge on any atom is 0.387 e. The molecule has 0 radical (unpaired) electrons. The predicted molar refractivity (Wildman–Crippen MR) is 105 cm³/mol. The second-order valence-electron chi connectivity index (χ2n) is 6.63. The van der Waals surface area contributed by atoms with Crippen LogP contribution in [0.1, 0.15) is 12.0 Å². The molecule has 156 valence electrons. The van der Waals surface area contributed by atoms with Crippen molar-refractivity contribution in [1.29, 1.82) is 0 Å². The van der Waals surface area contributed by atoms with Crippen molar-refractivity contribution in [2.75, 3.05) is 25.0 Å². The van der Waals surface area contributed by atoms with Gasteiger partial charge in [-0.2, -0.15) is 8.78 Å². The van der Waals surface area contributed by atoms with Crippen LogP contribution in [0.3, 0.4) is 0 Å². The van der Waals surface area contributed by atoms with Crippen LogP contribution in [0.15, 0.2) is 47.5 Å². The zero-order valence-electron chi connectivity index (χ0n) is 15.9. The molecule has 0 spiro atoms. The maximum absolute atomic E-state index is 13.4. The summed E-state index contributed by atoms with van der Waals surface area (Å²) in [4.78, 5) is 6.15. The Bertz CT molecular complexity index is 863. The minimum atomic E-state index is -2.87. The van der Waals surface area contributed by atoms with Crippen molar-refractivity contribution < 1.29 is 23.0 Å². The summed E-state index contributed by atoms with van der Waals surface area (Å²) in [5.41, 5.74) is 1.29. The fraction of sp³-hybridized carbons (Fsp3) is 0.350. The number of ether oxygens (including phenoxy) is 1. The number of halogens is 3. The van der Waals surface area contributed by atoms with E-state index >= 15 is 0 Å². The van der Waals surface area contributed by atoms with Crippen LogP contribution >= 0.6 is 0 Å². The highest BCUT2D eigenvalue weighted by Crippen LogP contribution is 2.31. The Balaban J connectivity index is 1.56. The lowest BCUT2D eigenvalue weighted by Gasteiger charge is -2.22. The molecular formula is C20H23F3N4O2. The predicted octanol–water partition coefficient (Wildman–Crippen LogP) is 3.08. The van der Waals surface area contributed by atoms with E-state index in [2.05, 4.69) is 20.4 Å². The third-order valence-corrected chi connectivity index (χ3v) is 4.65. The van der Waals surface area contributed by atoms with Crippen molar-refractivity contribution >= 4 is 11.6 Å². The van der Waals surface area contributed by atoms with E-state index in [1.54, 1.807) is 31.3 Å². The van der Waals surface area contributed by atoms with E-state index in [4.69, 9.17) is 0 Å². The normalized spacial score (nSPS) is 16.9. The van der Waals surface area contributed by atoms with Crippen LogP contribution in [0.4, 0.5) is 18.9 Å². The average Bonchev–Trinajstić information content (AvgIpc) is 3.16. The Labute approximate surface area is 167 Å². The number of rotatable bonds is 6. The van der Waals surface area contributed by atoms with Gasteiger partial charge in [-0.1, -0.05) is 18.2 Å². The summed E-state index contributed by atoms with van der Waals surface area (Å²) in [6.07, 6.45) is 0.789. The van der Waals surface area contributed by atoms with Crippen LogP contribution in [0.2, 0.25) is 0 Å². The van der Waals surface area contributed by atoms with Gasteiger partial charge in [0, 0.05) is 32.7 Å². The summed E-state index contributed by atoms with van der Waals surface area (Å²) in [7, 11) is 1.63. The van der Waals surface area contributed by atoms with Gasteiger partial charge in [-0.25, -0.2) is 4.39 Å². The lowest BCUT2D eigenvalue weighted by Crippen LogP contribution is -2.44. The molecule has 3 rings (SSSR count). The smallest absolute Gasteiger partial charge is 0.387 e. The lowest BCUT2D eigenvalue weighted by atomic mass is 10.2. The first-order valence-corrected chi connectivity index (χ1v) is 9.19. The molecule has 1 unspecified atom stereocenters. The standard InChI is InChI=1S/C20H23F3N4O2/c1-24-20(25-11-13-6-7-17(28)15(21)10-13)26-14-8-9-27(12-14)16-4-2-3-5-18(16)29-19(22)23/h2-7,10,14,19,28H,8-9,11-12H2,1H3,(H2,24,25,26). The zero-order valence-corrected chi connectivity index (χ0v) is 15.9. The van der Waals surface area contributed by atoms with Crippen LogP contribution in [0.25, 0.3) is 0 Å². The van der Waals surface area contributed by atoms with Crippen molar-refractivity contribution in [3.8, 4) is 11.5 Å². The maximum atomic E-state index is 13.4. The largest absolute Gasteiger partial charge is 0.505 e. The third kappa shape index (κ3) is 5.46. The quantitative estimate of drug-likeness (QED) is 0.506. The SMILES string of the molecule is CN=C(NCc1ccc(O)c(F)c1)NC1CCN(c2ccccc2OC(F)F)C1. The van der Waals surface area contributed by atoms with Crippen molar-refractivity contribution in [3.05, 3.63) is 53.8 Å². The minimum absolute atomic E-state index is 0.0531. The van der Waals surface area contributed by atoms with Crippen LogP contribution in [-0.4, -0.2) is 43.9 Å². The van der Waals surface area contributed by atoms with Gasteiger partial charge in [0.05, 0.1) is 5.69 Å². The Kier molecular flexibility index (Phi) is 6.69. The highest BCUT2D eigenvalue weighted by atomic mass is 19.3.